The van der Waals surface area contributed by atoms with Gasteiger partial charge in [0.1, 0.15) is 0 Å². The van der Waals surface area contributed by atoms with Crippen LogP contribution in [0.15, 0.2) is 23.8 Å². The number of carbonyl (C=O) groups excluding carboxylic acids is 2. The molecule has 2 amide bonds. The Morgan fingerprint density at radius 1 is 0.667 bits per heavy atom. The maximum atomic E-state index is 14.2. The molecular weight excluding hydrogens is 422 g/mol. The zero-order chi connectivity index (χ0) is 24.3. The average molecular weight is 469 g/mol. The molecule has 33 heavy (non-hydrogen) atoms. The van der Waals surface area contributed by atoms with E-state index in [1.807, 2.05) is 0 Å². The van der Waals surface area contributed by atoms with Gasteiger partial charge in [-0.15, -0.1) is 0 Å². The molecule has 0 heterocycles. The van der Waals surface area contributed by atoms with Gasteiger partial charge in [0.2, 0.25) is 0 Å². The van der Waals surface area contributed by atoms with Gasteiger partial charge in [0.25, 0.3) is 11.8 Å². The third-order valence-electron chi connectivity index (χ3n) is 6.35. The maximum absolute atomic E-state index is 14.2. The predicted octanol–water partition coefficient (Wildman–Crippen LogP) is 7.35. The van der Waals surface area contributed by atoms with Crippen LogP contribution in [0.2, 0.25) is 0 Å². The van der Waals surface area contributed by atoms with Crippen molar-refractivity contribution in [2.75, 3.05) is 0 Å². The van der Waals surface area contributed by atoms with Gasteiger partial charge in [0.05, 0.1) is 0 Å². The maximum Gasteiger partial charge on any atom is 0.279 e. The highest BCUT2D eigenvalue weighted by Gasteiger charge is 2.31. The summed E-state index contributed by atoms with van der Waals surface area (Å²) >= 11 is 0. The summed E-state index contributed by atoms with van der Waals surface area (Å²) in [6, 6.07) is -0.748. The molecule has 0 aromatic heterocycles. The molecule has 0 aliphatic heterocycles. The summed E-state index contributed by atoms with van der Waals surface area (Å²) in [7, 11) is 0. The number of allylic oxidation sites excluding steroid dienone is 2. The lowest BCUT2D eigenvalue weighted by Crippen LogP contribution is -2.48. The SMILES string of the molecule is CCCCCCCC/C=C(\F)C(=O)N[C@@H]1CCC[C@@H]1NC(=O)/C(F)=C\CCCCCCCC. The Kier molecular flexibility index (Phi) is 16.6. The third-order valence-corrected chi connectivity index (χ3v) is 6.35. The van der Waals surface area contributed by atoms with Crippen LogP contribution in [0.3, 0.4) is 0 Å². The van der Waals surface area contributed by atoms with Gasteiger partial charge in [-0.1, -0.05) is 78.1 Å². The van der Waals surface area contributed by atoms with Crippen molar-refractivity contribution in [3.05, 3.63) is 23.8 Å². The molecule has 0 aromatic carbocycles. The van der Waals surface area contributed by atoms with Crippen LogP contribution in [-0.4, -0.2) is 23.9 Å². The highest BCUT2D eigenvalue weighted by molar-refractivity contribution is 5.92. The van der Waals surface area contributed by atoms with Gasteiger partial charge in [0, 0.05) is 12.1 Å². The van der Waals surface area contributed by atoms with Crippen molar-refractivity contribution < 1.29 is 18.4 Å². The van der Waals surface area contributed by atoms with Gasteiger partial charge in [-0.25, -0.2) is 8.78 Å². The fourth-order valence-electron chi connectivity index (χ4n) is 4.27. The minimum Gasteiger partial charge on any atom is -0.345 e. The van der Waals surface area contributed by atoms with Crippen LogP contribution in [0, 0.1) is 0 Å². The van der Waals surface area contributed by atoms with Gasteiger partial charge in [-0.3, -0.25) is 9.59 Å². The minimum atomic E-state index is -0.773. The number of carbonyl (C=O) groups is 2. The summed E-state index contributed by atoms with van der Waals surface area (Å²) in [6.45, 7) is 4.34. The summed E-state index contributed by atoms with van der Waals surface area (Å²) in [6.07, 6.45) is 19.2. The van der Waals surface area contributed by atoms with Crippen molar-refractivity contribution in [2.24, 2.45) is 0 Å². The summed E-state index contributed by atoms with van der Waals surface area (Å²) < 4.78 is 28.3. The highest BCUT2D eigenvalue weighted by atomic mass is 19.1. The smallest absolute Gasteiger partial charge is 0.279 e. The van der Waals surface area contributed by atoms with E-state index in [0.717, 1.165) is 44.9 Å². The lowest BCUT2D eigenvalue weighted by atomic mass is 10.1. The molecule has 0 saturated heterocycles. The first kappa shape index (κ1) is 29.3. The molecule has 0 unspecified atom stereocenters. The predicted molar refractivity (Wildman–Crippen MR) is 132 cm³/mol. The Balaban J connectivity index is 2.34. The molecule has 0 spiro atoms. The fraction of sp³-hybridized carbons (Fsp3) is 0.778. The zero-order valence-electron chi connectivity index (χ0n) is 20.9. The molecular formula is C27H46F2N2O2. The second-order valence-corrected chi connectivity index (χ2v) is 9.31. The van der Waals surface area contributed by atoms with E-state index in [4.69, 9.17) is 0 Å². The van der Waals surface area contributed by atoms with E-state index in [-0.39, 0.29) is 12.1 Å². The Bertz CT molecular complexity index is 567. The number of hydrogen-bond acceptors (Lipinski definition) is 2. The van der Waals surface area contributed by atoms with Crippen molar-refractivity contribution in [1.29, 1.82) is 0 Å². The van der Waals surface area contributed by atoms with Crippen LogP contribution in [0.5, 0.6) is 0 Å². The van der Waals surface area contributed by atoms with Crippen molar-refractivity contribution in [2.45, 2.75) is 135 Å². The van der Waals surface area contributed by atoms with Crippen molar-refractivity contribution in [1.82, 2.24) is 10.6 Å². The van der Waals surface area contributed by atoms with Gasteiger partial charge < -0.3 is 10.6 Å². The molecule has 0 radical (unpaired) electrons. The van der Waals surface area contributed by atoms with E-state index in [9.17, 15) is 18.4 Å². The number of rotatable bonds is 18. The van der Waals surface area contributed by atoms with Crippen LogP contribution < -0.4 is 10.6 Å². The average Bonchev–Trinajstić information content (AvgIpc) is 3.23. The Morgan fingerprint density at radius 3 is 1.42 bits per heavy atom. The summed E-state index contributed by atoms with van der Waals surface area (Å²) in [5.74, 6) is -3.03. The van der Waals surface area contributed by atoms with Crippen LogP contribution in [0.1, 0.15) is 123 Å². The standard InChI is InChI=1S/C27H46F2N2O2/c1-3-5-7-9-11-13-15-18-22(28)26(32)30-24-20-17-21-25(24)31-27(33)23(29)19-16-14-12-10-8-6-4-2/h18-19,24-25H,3-17,20-21H2,1-2H3,(H,30,32)(H,31,33)/b22-18-,23-19+/t24-,25+/m1/s1. The van der Waals surface area contributed by atoms with E-state index in [2.05, 4.69) is 24.5 Å². The normalized spacial score (nSPS) is 19.0. The van der Waals surface area contributed by atoms with E-state index in [0.29, 0.717) is 25.7 Å². The molecule has 1 fully saturated rings. The van der Waals surface area contributed by atoms with E-state index < -0.39 is 23.5 Å². The first-order valence-corrected chi connectivity index (χ1v) is 13.3. The molecule has 1 saturated carbocycles. The zero-order valence-corrected chi connectivity index (χ0v) is 20.9. The molecule has 1 aliphatic carbocycles. The van der Waals surface area contributed by atoms with Crippen LogP contribution in [0.25, 0.3) is 0 Å². The van der Waals surface area contributed by atoms with Crippen LogP contribution >= 0.6 is 0 Å². The van der Waals surface area contributed by atoms with Crippen LogP contribution in [0.4, 0.5) is 8.78 Å². The summed E-state index contributed by atoms with van der Waals surface area (Å²) in [4.78, 5) is 24.4. The van der Waals surface area contributed by atoms with E-state index in [1.165, 1.54) is 50.7 Å². The van der Waals surface area contributed by atoms with E-state index >= 15 is 0 Å². The van der Waals surface area contributed by atoms with Crippen molar-refractivity contribution >= 4 is 11.8 Å². The third kappa shape index (κ3) is 13.5. The van der Waals surface area contributed by atoms with Gasteiger partial charge in [0.15, 0.2) is 11.7 Å². The van der Waals surface area contributed by atoms with E-state index in [1.54, 1.807) is 0 Å². The molecule has 1 rings (SSSR count). The molecule has 1 aliphatic rings. The lowest BCUT2D eigenvalue weighted by molar-refractivity contribution is -0.122. The molecule has 2 N–H and O–H groups in total. The summed E-state index contributed by atoms with van der Waals surface area (Å²) in [5.41, 5.74) is 0. The largest absolute Gasteiger partial charge is 0.345 e. The Morgan fingerprint density at radius 2 is 1.03 bits per heavy atom. The topological polar surface area (TPSA) is 58.2 Å². The second-order valence-electron chi connectivity index (χ2n) is 9.31. The van der Waals surface area contributed by atoms with Gasteiger partial charge in [-0.05, 0) is 57.1 Å². The number of halogens is 2. The van der Waals surface area contributed by atoms with Gasteiger partial charge >= 0.3 is 0 Å². The lowest BCUT2D eigenvalue weighted by Gasteiger charge is -2.21. The number of amides is 2. The monoisotopic (exact) mass is 468 g/mol. The number of hydrogen-bond donors (Lipinski definition) is 2. The fourth-order valence-corrected chi connectivity index (χ4v) is 4.27. The Hall–Kier alpha value is -1.72. The highest BCUT2D eigenvalue weighted by Crippen LogP contribution is 2.21. The summed E-state index contributed by atoms with van der Waals surface area (Å²) in [5, 5.41) is 5.36. The van der Waals surface area contributed by atoms with Crippen molar-refractivity contribution in [3.8, 4) is 0 Å². The first-order chi connectivity index (χ1) is 16.0. The molecule has 0 bridgehead atoms. The molecule has 190 valence electrons. The molecule has 4 nitrogen and oxygen atoms in total. The second kappa shape index (κ2) is 18.7. The van der Waals surface area contributed by atoms with Gasteiger partial charge in [-0.2, -0.15) is 0 Å². The first-order valence-electron chi connectivity index (χ1n) is 13.3. The number of unbranched alkanes of at least 4 members (excludes halogenated alkanes) is 12. The van der Waals surface area contributed by atoms with Crippen LogP contribution in [-0.2, 0) is 9.59 Å². The molecule has 0 aromatic rings. The quantitative estimate of drug-likeness (QED) is 0.163. The molecule has 2 atom stereocenters. The number of nitrogens with one attached hydrogen (secondary N) is 2. The van der Waals surface area contributed by atoms with Crippen molar-refractivity contribution in [3.63, 3.8) is 0 Å². The minimum absolute atomic E-state index is 0.374. The molecule has 6 heteroatoms. The Labute approximate surface area is 200 Å².